The van der Waals surface area contributed by atoms with Crippen LogP contribution >= 0.6 is 66.8 Å². The van der Waals surface area contributed by atoms with E-state index in [9.17, 15) is 9.59 Å². The van der Waals surface area contributed by atoms with Crippen molar-refractivity contribution >= 4 is 78.3 Å². The van der Waals surface area contributed by atoms with Crippen molar-refractivity contribution in [3.63, 3.8) is 0 Å². The molecule has 0 fully saturated rings. The standard InChI is InChI=1S/C22H26I2N2O2S2/c23-19-5-1-17(2-6-19)21(27)9-11-25-13-15-29-30-16-14-26-12-10-22(28)18-3-7-20(24)8-4-18/h1-8,25-26H,9-16H2. The lowest BCUT2D eigenvalue weighted by Crippen LogP contribution is -2.21. The van der Waals surface area contributed by atoms with Gasteiger partial charge in [0.2, 0.25) is 0 Å². The van der Waals surface area contributed by atoms with E-state index >= 15 is 0 Å². The number of ketones is 2. The fraction of sp³-hybridized carbons (Fsp3) is 0.364. The lowest BCUT2D eigenvalue weighted by molar-refractivity contribution is 0.0974. The van der Waals surface area contributed by atoms with Gasteiger partial charge in [0, 0.05) is 68.8 Å². The molecule has 0 amide bonds. The molecule has 0 spiro atoms. The van der Waals surface area contributed by atoms with E-state index in [1.807, 2.05) is 70.1 Å². The summed E-state index contributed by atoms with van der Waals surface area (Å²) in [6.45, 7) is 3.23. The minimum atomic E-state index is 0.188. The van der Waals surface area contributed by atoms with Gasteiger partial charge in [-0.2, -0.15) is 0 Å². The average molecular weight is 668 g/mol. The largest absolute Gasteiger partial charge is 0.315 e. The van der Waals surface area contributed by atoms with Crippen molar-refractivity contribution in [1.82, 2.24) is 10.6 Å². The molecule has 0 aliphatic rings. The van der Waals surface area contributed by atoms with Crippen molar-refractivity contribution in [2.75, 3.05) is 37.7 Å². The Balaban J connectivity index is 1.39. The first-order valence-corrected chi connectivity index (χ1v) is 14.4. The monoisotopic (exact) mass is 668 g/mol. The number of Topliss-reactive ketones (excluding diaryl/α,β-unsaturated/α-hetero) is 2. The molecule has 0 unspecified atom stereocenters. The molecule has 2 rings (SSSR count). The van der Waals surface area contributed by atoms with E-state index in [4.69, 9.17) is 0 Å². The molecule has 0 saturated carbocycles. The Morgan fingerprint density at radius 2 is 1.00 bits per heavy atom. The highest BCUT2D eigenvalue weighted by Gasteiger charge is 2.06. The Kier molecular flexibility index (Phi) is 13.6. The van der Waals surface area contributed by atoms with Gasteiger partial charge in [-0.15, -0.1) is 0 Å². The number of nitrogens with one attached hydrogen (secondary N) is 2. The highest BCUT2D eigenvalue weighted by molar-refractivity contribution is 14.1. The van der Waals surface area contributed by atoms with Gasteiger partial charge < -0.3 is 10.6 Å². The topological polar surface area (TPSA) is 58.2 Å². The van der Waals surface area contributed by atoms with E-state index in [0.29, 0.717) is 25.9 Å². The maximum Gasteiger partial charge on any atom is 0.164 e. The van der Waals surface area contributed by atoms with Gasteiger partial charge in [-0.05, 0) is 69.4 Å². The van der Waals surface area contributed by atoms with Gasteiger partial charge in [-0.3, -0.25) is 9.59 Å². The van der Waals surface area contributed by atoms with Gasteiger partial charge in [0.1, 0.15) is 0 Å². The van der Waals surface area contributed by atoms with Gasteiger partial charge in [-0.25, -0.2) is 0 Å². The molecule has 0 bridgehead atoms. The van der Waals surface area contributed by atoms with Crippen LogP contribution in [0.25, 0.3) is 0 Å². The van der Waals surface area contributed by atoms with Crippen LogP contribution in [0.1, 0.15) is 33.6 Å². The Labute approximate surface area is 214 Å². The quantitative estimate of drug-likeness (QED) is 0.116. The first kappa shape index (κ1) is 26.1. The average Bonchev–Trinajstić information content (AvgIpc) is 2.75. The lowest BCUT2D eigenvalue weighted by Gasteiger charge is -2.06. The highest BCUT2D eigenvalue weighted by Crippen LogP contribution is 2.19. The second kappa shape index (κ2) is 15.6. The van der Waals surface area contributed by atoms with E-state index in [-0.39, 0.29) is 11.6 Å². The summed E-state index contributed by atoms with van der Waals surface area (Å²) in [6, 6.07) is 15.4. The molecular weight excluding hydrogens is 642 g/mol. The van der Waals surface area contributed by atoms with E-state index in [0.717, 1.165) is 42.9 Å². The molecule has 0 heterocycles. The van der Waals surface area contributed by atoms with Gasteiger partial charge >= 0.3 is 0 Å². The van der Waals surface area contributed by atoms with Crippen molar-refractivity contribution in [2.45, 2.75) is 12.8 Å². The maximum atomic E-state index is 12.1. The number of rotatable bonds is 15. The van der Waals surface area contributed by atoms with E-state index in [2.05, 4.69) is 55.8 Å². The fourth-order valence-electron chi connectivity index (χ4n) is 2.56. The van der Waals surface area contributed by atoms with Crippen LogP contribution in [0.3, 0.4) is 0 Å². The Morgan fingerprint density at radius 1 is 0.633 bits per heavy atom. The second-order valence-corrected chi connectivity index (χ2v) is 11.7. The normalized spacial score (nSPS) is 10.9. The van der Waals surface area contributed by atoms with Crippen LogP contribution in [0.15, 0.2) is 48.5 Å². The van der Waals surface area contributed by atoms with Crippen molar-refractivity contribution in [1.29, 1.82) is 0 Å². The van der Waals surface area contributed by atoms with Gasteiger partial charge in [0.25, 0.3) is 0 Å². The number of carbonyl (C=O) groups excluding carboxylic acids is 2. The molecule has 4 nitrogen and oxygen atoms in total. The number of hydrogen-bond donors (Lipinski definition) is 2. The molecule has 0 aliphatic heterocycles. The molecule has 2 aromatic rings. The zero-order chi connectivity index (χ0) is 21.6. The summed E-state index contributed by atoms with van der Waals surface area (Å²) >= 11 is 4.48. The summed E-state index contributed by atoms with van der Waals surface area (Å²) < 4.78 is 2.28. The molecule has 2 aromatic carbocycles. The van der Waals surface area contributed by atoms with Crippen molar-refractivity contribution in [2.24, 2.45) is 0 Å². The van der Waals surface area contributed by atoms with Crippen LogP contribution < -0.4 is 10.6 Å². The third-order valence-corrected chi connectivity index (χ3v) is 8.04. The van der Waals surface area contributed by atoms with Crippen molar-refractivity contribution in [3.05, 3.63) is 66.8 Å². The number of benzene rings is 2. The summed E-state index contributed by atoms with van der Waals surface area (Å²) in [5, 5.41) is 6.66. The van der Waals surface area contributed by atoms with Gasteiger partial charge in [0.15, 0.2) is 11.6 Å². The zero-order valence-corrected chi connectivity index (χ0v) is 22.6. The molecule has 0 saturated heterocycles. The zero-order valence-electron chi connectivity index (χ0n) is 16.7. The minimum absolute atomic E-state index is 0.188. The molecule has 30 heavy (non-hydrogen) atoms. The molecule has 0 atom stereocenters. The van der Waals surface area contributed by atoms with Crippen molar-refractivity contribution in [3.8, 4) is 0 Å². The predicted octanol–water partition coefficient (Wildman–Crippen LogP) is 5.30. The second-order valence-electron chi connectivity index (χ2n) is 6.50. The van der Waals surface area contributed by atoms with Gasteiger partial charge in [0.05, 0.1) is 0 Å². The van der Waals surface area contributed by atoms with E-state index in [1.54, 1.807) is 0 Å². The Hall–Kier alpha value is -0.140. The van der Waals surface area contributed by atoms with E-state index < -0.39 is 0 Å². The predicted molar refractivity (Wildman–Crippen MR) is 147 cm³/mol. The van der Waals surface area contributed by atoms with Crippen LogP contribution in [-0.2, 0) is 0 Å². The summed E-state index contributed by atoms with van der Waals surface area (Å²) in [7, 11) is 3.67. The van der Waals surface area contributed by atoms with Crippen LogP contribution in [-0.4, -0.2) is 49.3 Å². The highest BCUT2D eigenvalue weighted by atomic mass is 127. The smallest absolute Gasteiger partial charge is 0.164 e. The first-order chi connectivity index (χ1) is 14.6. The summed E-state index contributed by atoms with van der Waals surface area (Å²) in [4.78, 5) is 24.1. The summed E-state index contributed by atoms with van der Waals surface area (Å²) in [5.74, 6) is 2.39. The summed E-state index contributed by atoms with van der Waals surface area (Å²) in [5.41, 5.74) is 1.57. The molecule has 162 valence electrons. The molecule has 0 aliphatic carbocycles. The lowest BCUT2D eigenvalue weighted by atomic mass is 10.1. The minimum Gasteiger partial charge on any atom is -0.315 e. The molecule has 2 N–H and O–H groups in total. The molecule has 0 aromatic heterocycles. The maximum absolute atomic E-state index is 12.1. The Bertz CT molecular complexity index is 719. The first-order valence-electron chi connectivity index (χ1n) is 9.79. The SMILES string of the molecule is O=C(CCNCCSSCCNCCC(=O)c1ccc(I)cc1)c1ccc(I)cc1. The third-order valence-electron chi connectivity index (χ3n) is 4.20. The van der Waals surface area contributed by atoms with Crippen molar-refractivity contribution < 1.29 is 9.59 Å². The number of carbonyl (C=O) groups is 2. The Morgan fingerprint density at radius 3 is 1.37 bits per heavy atom. The molecule has 0 radical (unpaired) electrons. The van der Waals surface area contributed by atoms with Crippen LogP contribution in [0.2, 0.25) is 0 Å². The molecule has 8 heteroatoms. The van der Waals surface area contributed by atoms with E-state index in [1.165, 1.54) is 0 Å². The number of halogens is 2. The number of hydrogen-bond acceptors (Lipinski definition) is 6. The van der Waals surface area contributed by atoms with Crippen LogP contribution in [0.4, 0.5) is 0 Å². The van der Waals surface area contributed by atoms with Gasteiger partial charge in [-0.1, -0.05) is 45.9 Å². The van der Waals surface area contributed by atoms with Crippen LogP contribution in [0.5, 0.6) is 0 Å². The fourth-order valence-corrected chi connectivity index (χ4v) is 5.18. The van der Waals surface area contributed by atoms with Crippen LogP contribution in [0, 0.1) is 7.14 Å². The molecular formula is C22H26I2N2O2S2. The summed E-state index contributed by atoms with van der Waals surface area (Å²) in [6.07, 6.45) is 1.06. The third kappa shape index (κ3) is 10.9.